The molecule has 3 aromatic rings. The minimum atomic E-state index is -0.601. The molecule has 0 aliphatic heterocycles. The zero-order valence-corrected chi connectivity index (χ0v) is 14.9. The maximum atomic E-state index is 12.2. The summed E-state index contributed by atoms with van der Waals surface area (Å²) in [6.45, 7) is 1.91. The van der Waals surface area contributed by atoms with E-state index in [-0.39, 0.29) is 18.0 Å². The Balaban J connectivity index is 1.69. The van der Waals surface area contributed by atoms with Gasteiger partial charge in [0.1, 0.15) is 11.6 Å². The summed E-state index contributed by atoms with van der Waals surface area (Å²) >= 11 is 1.35. The van der Waals surface area contributed by atoms with Crippen LogP contribution in [0.25, 0.3) is 10.6 Å². The average molecular weight is 368 g/mol. The molecule has 0 bridgehead atoms. The molecule has 0 amide bonds. The topological polar surface area (TPSA) is 82.3 Å². The number of nitro groups is 1. The lowest BCUT2D eigenvalue weighted by atomic mass is 10.1. The summed E-state index contributed by atoms with van der Waals surface area (Å²) in [6.07, 6.45) is 0.960. The summed E-state index contributed by atoms with van der Waals surface area (Å²) < 4.78 is 5.19. The van der Waals surface area contributed by atoms with Crippen LogP contribution < -0.4 is 0 Å². The first kappa shape index (κ1) is 17.8. The number of rotatable bonds is 6. The van der Waals surface area contributed by atoms with Crippen LogP contribution in [-0.4, -0.2) is 15.9 Å². The molecule has 0 fully saturated rings. The predicted molar refractivity (Wildman–Crippen MR) is 99.1 cm³/mol. The molecule has 6 nitrogen and oxygen atoms in total. The Morgan fingerprint density at radius 1 is 1.19 bits per heavy atom. The largest absolute Gasteiger partial charge is 0.456 e. The quantitative estimate of drug-likeness (QED) is 0.360. The van der Waals surface area contributed by atoms with Crippen molar-refractivity contribution >= 4 is 23.0 Å². The predicted octanol–water partition coefficient (Wildman–Crippen LogP) is 4.64. The third-order valence-electron chi connectivity index (χ3n) is 3.87. The lowest BCUT2D eigenvalue weighted by Crippen LogP contribution is -2.07. The van der Waals surface area contributed by atoms with E-state index in [1.54, 1.807) is 23.6 Å². The van der Waals surface area contributed by atoms with Crippen LogP contribution in [0.15, 0.2) is 53.9 Å². The monoisotopic (exact) mass is 368 g/mol. The first-order chi connectivity index (χ1) is 12.6. The van der Waals surface area contributed by atoms with Gasteiger partial charge in [-0.25, -0.2) is 9.78 Å². The number of aryl methyl sites for hydroxylation is 1. The van der Waals surface area contributed by atoms with Crippen molar-refractivity contribution in [1.82, 2.24) is 4.98 Å². The third-order valence-corrected chi connectivity index (χ3v) is 4.76. The van der Waals surface area contributed by atoms with Gasteiger partial charge >= 0.3 is 5.97 Å². The van der Waals surface area contributed by atoms with Gasteiger partial charge in [0.2, 0.25) is 0 Å². The lowest BCUT2D eigenvalue weighted by molar-refractivity contribution is -0.385. The standard InChI is InChI=1S/C19H16N2O4S/c1-2-13-7-9-14(10-8-13)18-20-16(12-26-18)19(22)25-11-15-5-3-4-6-17(15)21(23)24/h3-10,12H,2,11H2,1H3. The highest BCUT2D eigenvalue weighted by Gasteiger charge is 2.17. The van der Waals surface area contributed by atoms with E-state index < -0.39 is 10.9 Å². The second kappa shape index (κ2) is 7.88. The van der Waals surface area contributed by atoms with Gasteiger partial charge in [-0.15, -0.1) is 11.3 Å². The van der Waals surface area contributed by atoms with E-state index >= 15 is 0 Å². The Kier molecular flexibility index (Phi) is 5.38. The van der Waals surface area contributed by atoms with Crippen molar-refractivity contribution in [2.45, 2.75) is 20.0 Å². The molecule has 3 rings (SSSR count). The van der Waals surface area contributed by atoms with Gasteiger partial charge in [-0.05, 0) is 18.1 Å². The van der Waals surface area contributed by atoms with E-state index in [2.05, 4.69) is 11.9 Å². The van der Waals surface area contributed by atoms with Gasteiger partial charge in [-0.2, -0.15) is 0 Å². The molecule has 0 aliphatic carbocycles. The Bertz CT molecular complexity index is 935. The maximum Gasteiger partial charge on any atom is 0.358 e. The van der Waals surface area contributed by atoms with E-state index in [4.69, 9.17) is 4.74 Å². The normalized spacial score (nSPS) is 10.5. The van der Waals surface area contributed by atoms with E-state index in [0.717, 1.165) is 17.0 Å². The highest BCUT2D eigenvalue weighted by atomic mass is 32.1. The van der Waals surface area contributed by atoms with Crippen molar-refractivity contribution in [3.05, 3.63) is 80.8 Å². The van der Waals surface area contributed by atoms with E-state index in [1.807, 2.05) is 24.3 Å². The number of nitrogens with zero attached hydrogens (tertiary/aromatic N) is 2. The van der Waals surface area contributed by atoms with E-state index in [1.165, 1.54) is 23.0 Å². The van der Waals surface area contributed by atoms with Crippen LogP contribution >= 0.6 is 11.3 Å². The highest BCUT2D eigenvalue weighted by Crippen LogP contribution is 2.25. The Morgan fingerprint density at radius 2 is 1.92 bits per heavy atom. The van der Waals surface area contributed by atoms with Crippen LogP contribution in [0.4, 0.5) is 5.69 Å². The van der Waals surface area contributed by atoms with Crippen molar-refractivity contribution in [3.63, 3.8) is 0 Å². The number of hydrogen-bond acceptors (Lipinski definition) is 6. The molecular weight excluding hydrogens is 352 g/mol. The summed E-state index contributed by atoms with van der Waals surface area (Å²) in [5.41, 5.74) is 2.63. The number of hydrogen-bond donors (Lipinski definition) is 0. The number of thiazole rings is 1. The number of para-hydroxylation sites is 1. The van der Waals surface area contributed by atoms with Crippen molar-refractivity contribution in [2.75, 3.05) is 0 Å². The number of esters is 1. The minimum Gasteiger partial charge on any atom is -0.456 e. The number of benzene rings is 2. The molecule has 132 valence electrons. The molecule has 0 unspecified atom stereocenters. The van der Waals surface area contributed by atoms with Gasteiger partial charge in [0.25, 0.3) is 5.69 Å². The third kappa shape index (κ3) is 3.94. The summed E-state index contributed by atoms with van der Waals surface area (Å²) in [5.74, 6) is -0.601. The van der Waals surface area contributed by atoms with Crippen LogP contribution in [0, 0.1) is 10.1 Å². The number of ether oxygens (including phenoxy) is 1. The molecule has 0 saturated carbocycles. The molecule has 0 saturated heterocycles. The van der Waals surface area contributed by atoms with E-state index in [0.29, 0.717) is 5.56 Å². The summed E-state index contributed by atoms with van der Waals surface area (Å²) in [6, 6.07) is 14.2. The van der Waals surface area contributed by atoms with Crippen LogP contribution in [0.3, 0.4) is 0 Å². The van der Waals surface area contributed by atoms with Gasteiger partial charge in [-0.3, -0.25) is 10.1 Å². The van der Waals surface area contributed by atoms with Gasteiger partial charge in [0.15, 0.2) is 5.69 Å². The summed E-state index contributed by atoms with van der Waals surface area (Å²) in [7, 11) is 0. The molecule has 26 heavy (non-hydrogen) atoms. The summed E-state index contributed by atoms with van der Waals surface area (Å²) in [5, 5.41) is 13.4. The Morgan fingerprint density at radius 3 is 2.62 bits per heavy atom. The fourth-order valence-corrected chi connectivity index (χ4v) is 3.21. The van der Waals surface area contributed by atoms with E-state index in [9.17, 15) is 14.9 Å². The SMILES string of the molecule is CCc1ccc(-c2nc(C(=O)OCc3ccccc3[N+](=O)[O-])cs2)cc1. The number of carbonyl (C=O) groups is 1. The Labute approximate surface area is 154 Å². The van der Waals surface area contributed by atoms with Crippen LogP contribution in [0.1, 0.15) is 28.5 Å². The highest BCUT2D eigenvalue weighted by molar-refractivity contribution is 7.13. The molecule has 1 heterocycles. The molecule has 0 N–H and O–H groups in total. The molecule has 0 atom stereocenters. The fraction of sp³-hybridized carbons (Fsp3) is 0.158. The molecule has 7 heteroatoms. The van der Waals surface area contributed by atoms with Gasteiger partial charge in [-0.1, -0.05) is 43.3 Å². The van der Waals surface area contributed by atoms with Crippen LogP contribution in [-0.2, 0) is 17.8 Å². The van der Waals surface area contributed by atoms with Crippen molar-refractivity contribution in [2.24, 2.45) is 0 Å². The van der Waals surface area contributed by atoms with Crippen LogP contribution in [0.5, 0.6) is 0 Å². The second-order valence-corrected chi connectivity index (χ2v) is 6.41. The Hall–Kier alpha value is -3.06. The number of nitro benzene ring substituents is 1. The van der Waals surface area contributed by atoms with Crippen molar-refractivity contribution < 1.29 is 14.5 Å². The first-order valence-electron chi connectivity index (χ1n) is 8.02. The summed E-state index contributed by atoms with van der Waals surface area (Å²) in [4.78, 5) is 27.0. The number of carbonyl (C=O) groups excluding carboxylic acids is 1. The van der Waals surface area contributed by atoms with Gasteiger partial charge in [0, 0.05) is 17.0 Å². The second-order valence-electron chi connectivity index (χ2n) is 5.55. The molecular formula is C19H16N2O4S. The number of aromatic nitrogens is 1. The van der Waals surface area contributed by atoms with Crippen molar-refractivity contribution in [1.29, 1.82) is 0 Å². The van der Waals surface area contributed by atoms with Gasteiger partial charge in [0.05, 0.1) is 10.5 Å². The average Bonchev–Trinajstić information content (AvgIpc) is 3.16. The van der Waals surface area contributed by atoms with Crippen molar-refractivity contribution in [3.8, 4) is 10.6 Å². The molecule has 0 spiro atoms. The fourth-order valence-electron chi connectivity index (χ4n) is 2.41. The molecule has 0 radical (unpaired) electrons. The van der Waals surface area contributed by atoms with Crippen LogP contribution in [0.2, 0.25) is 0 Å². The lowest BCUT2D eigenvalue weighted by Gasteiger charge is -2.04. The molecule has 0 aliphatic rings. The zero-order chi connectivity index (χ0) is 18.5. The van der Waals surface area contributed by atoms with Gasteiger partial charge < -0.3 is 4.74 Å². The zero-order valence-electron chi connectivity index (χ0n) is 14.0. The molecule has 2 aromatic carbocycles. The smallest absolute Gasteiger partial charge is 0.358 e. The molecule has 1 aromatic heterocycles. The maximum absolute atomic E-state index is 12.2. The first-order valence-corrected chi connectivity index (χ1v) is 8.90. The minimum absolute atomic E-state index is 0.0738.